The lowest BCUT2D eigenvalue weighted by atomic mass is 9.94. The number of ether oxygens (including phenoxy) is 1. The normalized spacial score (nSPS) is 20.3. The maximum Gasteiger partial charge on any atom is 0.219 e. The van der Waals surface area contributed by atoms with E-state index in [0.29, 0.717) is 38.2 Å². The van der Waals surface area contributed by atoms with Gasteiger partial charge in [0, 0.05) is 61.2 Å². The van der Waals surface area contributed by atoms with Crippen LogP contribution in [0.4, 0.5) is 5.69 Å². The number of aromatic nitrogens is 2. The number of fused-ring (bicyclic) bond motifs is 2. The van der Waals surface area contributed by atoms with E-state index in [1.807, 2.05) is 11.1 Å². The van der Waals surface area contributed by atoms with Gasteiger partial charge < -0.3 is 19.9 Å². The second-order valence-corrected chi connectivity index (χ2v) is 10.2. The lowest BCUT2D eigenvalue weighted by Crippen LogP contribution is -2.50. The predicted octanol–water partition coefficient (Wildman–Crippen LogP) is 3.11. The van der Waals surface area contributed by atoms with E-state index >= 15 is 0 Å². The van der Waals surface area contributed by atoms with Crippen LogP contribution >= 0.6 is 0 Å². The van der Waals surface area contributed by atoms with Crippen LogP contribution in [-0.4, -0.2) is 65.3 Å². The summed E-state index contributed by atoms with van der Waals surface area (Å²) in [6.07, 6.45) is 8.32. The SMILES string of the molecule is CC(=O)N1CCC(NC2COC2)=C(C(=N)N2CCCc3cc(-c4cnn5c4CCCC5)ccc32)C1. The summed E-state index contributed by atoms with van der Waals surface area (Å²) in [6, 6.07) is 6.99. The monoisotopic (exact) mass is 474 g/mol. The topological polar surface area (TPSA) is 86.5 Å². The number of carbonyl (C=O) groups excluding carboxylic acids is 1. The molecule has 4 aliphatic heterocycles. The van der Waals surface area contributed by atoms with Crippen molar-refractivity contribution in [3.63, 3.8) is 0 Å². The van der Waals surface area contributed by atoms with Gasteiger partial charge in [-0.25, -0.2) is 0 Å². The molecule has 0 saturated carbocycles. The smallest absolute Gasteiger partial charge is 0.219 e. The van der Waals surface area contributed by atoms with Gasteiger partial charge in [0.2, 0.25) is 5.91 Å². The minimum absolute atomic E-state index is 0.0644. The summed E-state index contributed by atoms with van der Waals surface area (Å²) >= 11 is 0. The number of hydrogen-bond donors (Lipinski definition) is 2. The summed E-state index contributed by atoms with van der Waals surface area (Å²) in [5.41, 5.74) is 8.26. The Morgan fingerprint density at radius 1 is 1.11 bits per heavy atom. The van der Waals surface area contributed by atoms with Crippen LogP contribution in [0.15, 0.2) is 35.7 Å². The second-order valence-electron chi connectivity index (χ2n) is 10.2. The van der Waals surface area contributed by atoms with E-state index in [-0.39, 0.29) is 5.91 Å². The van der Waals surface area contributed by atoms with Crippen molar-refractivity contribution in [1.29, 1.82) is 5.41 Å². The molecule has 1 amide bonds. The highest BCUT2D eigenvalue weighted by Crippen LogP contribution is 2.35. The third-order valence-electron chi connectivity index (χ3n) is 7.85. The quantitative estimate of drug-likeness (QED) is 0.525. The largest absolute Gasteiger partial charge is 0.381 e. The van der Waals surface area contributed by atoms with Crippen molar-refractivity contribution in [1.82, 2.24) is 20.0 Å². The Hall–Kier alpha value is -3.13. The lowest BCUT2D eigenvalue weighted by Gasteiger charge is -2.38. The van der Waals surface area contributed by atoms with Crippen LogP contribution in [0.3, 0.4) is 0 Å². The van der Waals surface area contributed by atoms with Crippen molar-refractivity contribution >= 4 is 17.4 Å². The van der Waals surface area contributed by atoms with Gasteiger partial charge in [-0.1, -0.05) is 6.07 Å². The Bertz CT molecular complexity index is 1190. The number of hydrogen-bond acceptors (Lipinski definition) is 5. The molecule has 6 rings (SSSR count). The van der Waals surface area contributed by atoms with E-state index in [0.717, 1.165) is 55.7 Å². The van der Waals surface area contributed by atoms with Gasteiger partial charge in [0.1, 0.15) is 5.84 Å². The van der Waals surface area contributed by atoms with Crippen LogP contribution in [0, 0.1) is 5.41 Å². The molecule has 4 aliphatic rings. The van der Waals surface area contributed by atoms with Crippen molar-refractivity contribution in [2.45, 2.75) is 58.0 Å². The summed E-state index contributed by atoms with van der Waals surface area (Å²) in [5, 5.41) is 17.5. The molecular weight excluding hydrogens is 440 g/mol. The number of nitrogens with one attached hydrogen (secondary N) is 2. The maximum absolute atomic E-state index is 12.2. The van der Waals surface area contributed by atoms with Crippen molar-refractivity contribution in [2.24, 2.45) is 0 Å². The van der Waals surface area contributed by atoms with E-state index in [2.05, 4.69) is 38.2 Å². The standard InChI is InChI=1S/C27H34N6O2/c1-18(34)31-12-9-24(30-21-16-35-17-21)23(15-31)27(28)32-10-4-5-20-13-19(7-8-25(20)32)22-14-29-33-11-3-2-6-26(22)33/h7-8,13-14,21,28,30H,2-6,9-12,15-17H2,1H3. The molecule has 35 heavy (non-hydrogen) atoms. The van der Waals surface area contributed by atoms with Gasteiger partial charge in [-0.2, -0.15) is 5.10 Å². The van der Waals surface area contributed by atoms with Crippen molar-refractivity contribution in [3.05, 3.63) is 46.9 Å². The Kier molecular flexibility index (Phi) is 5.84. The molecule has 1 aromatic carbocycles. The van der Waals surface area contributed by atoms with Gasteiger partial charge in [-0.3, -0.25) is 14.9 Å². The molecule has 8 nitrogen and oxygen atoms in total. The Morgan fingerprint density at radius 3 is 2.80 bits per heavy atom. The molecule has 0 bridgehead atoms. The van der Waals surface area contributed by atoms with Gasteiger partial charge in [0.15, 0.2) is 0 Å². The number of carbonyl (C=O) groups is 1. The minimum atomic E-state index is 0.0644. The fourth-order valence-corrected chi connectivity index (χ4v) is 5.80. The average Bonchev–Trinajstić information content (AvgIpc) is 3.29. The third-order valence-corrected chi connectivity index (χ3v) is 7.85. The molecule has 0 radical (unpaired) electrons. The summed E-state index contributed by atoms with van der Waals surface area (Å²) in [7, 11) is 0. The molecule has 5 heterocycles. The molecule has 0 spiro atoms. The van der Waals surface area contributed by atoms with Crippen LogP contribution < -0.4 is 10.2 Å². The first-order valence-electron chi connectivity index (χ1n) is 12.9. The fraction of sp³-hybridized carbons (Fsp3) is 0.519. The van der Waals surface area contributed by atoms with Crippen LogP contribution in [0.5, 0.6) is 0 Å². The highest BCUT2D eigenvalue weighted by atomic mass is 16.5. The molecule has 184 valence electrons. The number of benzene rings is 1. The zero-order valence-electron chi connectivity index (χ0n) is 20.5. The third kappa shape index (κ3) is 4.14. The molecule has 1 aromatic heterocycles. The fourth-order valence-electron chi connectivity index (χ4n) is 5.80. The number of rotatable bonds is 4. The van der Waals surface area contributed by atoms with Gasteiger partial charge in [-0.05, 0) is 55.4 Å². The highest BCUT2D eigenvalue weighted by Gasteiger charge is 2.31. The van der Waals surface area contributed by atoms with E-state index in [9.17, 15) is 10.2 Å². The number of nitrogens with zero attached hydrogens (tertiary/aromatic N) is 4. The first kappa shape index (κ1) is 22.3. The number of amidine groups is 1. The zero-order valence-corrected chi connectivity index (χ0v) is 20.5. The average molecular weight is 475 g/mol. The maximum atomic E-state index is 12.2. The number of aryl methyl sites for hydroxylation is 2. The number of anilines is 1. The van der Waals surface area contributed by atoms with E-state index in [1.165, 1.54) is 35.2 Å². The number of amides is 1. The first-order chi connectivity index (χ1) is 17.1. The summed E-state index contributed by atoms with van der Waals surface area (Å²) < 4.78 is 7.52. The van der Waals surface area contributed by atoms with E-state index in [1.54, 1.807) is 6.92 Å². The van der Waals surface area contributed by atoms with Crippen LogP contribution in [0.25, 0.3) is 11.1 Å². The van der Waals surface area contributed by atoms with Gasteiger partial charge in [-0.15, -0.1) is 0 Å². The van der Waals surface area contributed by atoms with Crippen LogP contribution in [0.1, 0.15) is 43.9 Å². The molecule has 2 aromatic rings. The molecule has 0 aliphatic carbocycles. The highest BCUT2D eigenvalue weighted by molar-refractivity contribution is 6.09. The molecule has 2 N–H and O–H groups in total. The lowest BCUT2D eigenvalue weighted by molar-refractivity contribution is -0.128. The van der Waals surface area contributed by atoms with Crippen molar-refractivity contribution < 1.29 is 9.53 Å². The molecule has 8 heteroatoms. The van der Waals surface area contributed by atoms with E-state index < -0.39 is 0 Å². The predicted molar refractivity (Wildman–Crippen MR) is 136 cm³/mol. The summed E-state index contributed by atoms with van der Waals surface area (Å²) in [5.74, 6) is 0.574. The second kappa shape index (κ2) is 9.15. The summed E-state index contributed by atoms with van der Waals surface area (Å²) in [6.45, 7) is 6.03. The molecule has 0 unspecified atom stereocenters. The summed E-state index contributed by atoms with van der Waals surface area (Å²) in [4.78, 5) is 16.2. The van der Waals surface area contributed by atoms with Gasteiger partial charge >= 0.3 is 0 Å². The van der Waals surface area contributed by atoms with Crippen molar-refractivity contribution in [2.75, 3.05) is 37.7 Å². The molecule has 1 fully saturated rings. The Labute approximate surface area is 206 Å². The van der Waals surface area contributed by atoms with Crippen LogP contribution in [0.2, 0.25) is 0 Å². The zero-order chi connectivity index (χ0) is 23.9. The van der Waals surface area contributed by atoms with Crippen molar-refractivity contribution in [3.8, 4) is 11.1 Å². The van der Waals surface area contributed by atoms with E-state index in [4.69, 9.17) is 4.74 Å². The Morgan fingerprint density at radius 2 is 2.00 bits per heavy atom. The molecular formula is C27H34N6O2. The molecule has 0 atom stereocenters. The van der Waals surface area contributed by atoms with Crippen LogP contribution in [-0.2, 0) is 28.9 Å². The minimum Gasteiger partial charge on any atom is -0.381 e. The van der Waals surface area contributed by atoms with Gasteiger partial charge in [0.25, 0.3) is 0 Å². The Balaban J connectivity index is 1.31. The van der Waals surface area contributed by atoms with Gasteiger partial charge in [0.05, 0.1) is 32.0 Å². The molecule has 1 saturated heterocycles. The first-order valence-corrected chi connectivity index (χ1v) is 12.9.